The molecule has 0 bridgehead atoms. The predicted octanol–water partition coefficient (Wildman–Crippen LogP) is 2.93. The first-order chi connectivity index (χ1) is 13.1. The zero-order valence-corrected chi connectivity index (χ0v) is 16.0. The number of carbonyl (C=O) groups excluding carboxylic acids is 1. The van der Waals surface area contributed by atoms with Crippen molar-refractivity contribution >= 4 is 5.91 Å². The fourth-order valence-electron chi connectivity index (χ4n) is 4.55. The Kier molecular flexibility index (Phi) is 4.92. The van der Waals surface area contributed by atoms with E-state index in [0.717, 1.165) is 56.8 Å². The normalized spacial score (nSPS) is 21.4. The standard InChI is InChI=1S/C23H28N2O2/c1-23(22(24)26,19-5-3-2-4-6-19)20-10-13-25(16-20)12-9-17-7-8-21-18(15-17)11-14-27-21/h2-8,15,20H,9-14,16H2,1H3,(H2,24,26)/t20-,23+/m0/s1. The van der Waals surface area contributed by atoms with Crippen molar-refractivity contribution in [2.45, 2.75) is 31.6 Å². The van der Waals surface area contributed by atoms with Gasteiger partial charge in [0.15, 0.2) is 0 Å². The first kappa shape index (κ1) is 18.1. The molecule has 2 N–H and O–H groups in total. The second kappa shape index (κ2) is 7.35. The second-order valence-electron chi connectivity index (χ2n) is 8.01. The highest BCUT2D eigenvalue weighted by Crippen LogP contribution is 2.38. The van der Waals surface area contributed by atoms with Crippen molar-refractivity contribution in [3.63, 3.8) is 0 Å². The van der Waals surface area contributed by atoms with Gasteiger partial charge in [0, 0.05) is 19.5 Å². The van der Waals surface area contributed by atoms with E-state index in [4.69, 9.17) is 10.5 Å². The molecule has 0 radical (unpaired) electrons. The van der Waals surface area contributed by atoms with Crippen molar-refractivity contribution in [3.8, 4) is 5.75 Å². The molecule has 1 saturated heterocycles. The third kappa shape index (κ3) is 3.46. The summed E-state index contributed by atoms with van der Waals surface area (Å²) in [6, 6.07) is 16.6. The van der Waals surface area contributed by atoms with Crippen LogP contribution in [0, 0.1) is 5.92 Å². The Labute approximate surface area is 161 Å². The van der Waals surface area contributed by atoms with Gasteiger partial charge in [-0.05, 0) is 55.0 Å². The Hall–Kier alpha value is -2.33. The summed E-state index contributed by atoms with van der Waals surface area (Å²) in [5, 5.41) is 0. The van der Waals surface area contributed by atoms with Crippen LogP contribution in [0.1, 0.15) is 30.0 Å². The summed E-state index contributed by atoms with van der Waals surface area (Å²) in [6.45, 7) is 5.77. The first-order valence-corrected chi connectivity index (χ1v) is 9.90. The van der Waals surface area contributed by atoms with Gasteiger partial charge in [0.2, 0.25) is 5.91 Å². The number of likely N-dealkylation sites (tertiary alicyclic amines) is 1. The van der Waals surface area contributed by atoms with Gasteiger partial charge in [-0.2, -0.15) is 0 Å². The zero-order valence-electron chi connectivity index (χ0n) is 16.0. The predicted molar refractivity (Wildman–Crippen MR) is 107 cm³/mol. The molecule has 1 fully saturated rings. The maximum Gasteiger partial charge on any atom is 0.228 e. The van der Waals surface area contributed by atoms with Crippen LogP contribution in [0.5, 0.6) is 5.75 Å². The SMILES string of the molecule is C[C@@](C(N)=O)(c1ccccc1)[C@H]1CCN(CCc2ccc3c(c2)CCO3)C1. The smallest absolute Gasteiger partial charge is 0.228 e. The molecule has 2 aliphatic rings. The van der Waals surface area contributed by atoms with Gasteiger partial charge in [-0.25, -0.2) is 0 Å². The number of nitrogens with zero attached hydrogens (tertiary/aromatic N) is 1. The lowest BCUT2D eigenvalue weighted by Crippen LogP contribution is -2.46. The number of hydrogen-bond donors (Lipinski definition) is 1. The van der Waals surface area contributed by atoms with Crippen LogP contribution in [0.25, 0.3) is 0 Å². The summed E-state index contributed by atoms with van der Waals surface area (Å²) in [5.74, 6) is 1.07. The van der Waals surface area contributed by atoms with Gasteiger partial charge in [-0.3, -0.25) is 4.79 Å². The molecular weight excluding hydrogens is 336 g/mol. The third-order valence-electron chi connectivity index (χ3n) is 6.44. The largest absolute Gasteiger partial charge is 0.493 e. The van der Waals surface area contributed by atoms with E-state index in [0.29, 0.717) is 0 Å². The lowest BCUT2D eigenvalue weighted by Gasteiger charge is -2.33. The monoisotopic (exact) mass is 364 g/mol. The van der Waals surface area contributed by atoms with E-state index in [2.05, 4.69) is 23.1 Å². The van der Waals surface area contributed by atoms with Crippen LogP contribution in [0.3, 0.4) is 0 Å². The summed E-state index contributed by atoms with van der Waals surface area (Å²) in [5.41, 5.74) is 8.99. The van der Waals surface area contributed by atoms with Gasteiger partial charge in [-0.1, -0.05) is 42.5 Å². The van der Waals surface area contributed by atoms with Crippen LogP contribution in [0.4, 0.5) is 0 Å². The van der Waals surface area contributed by atoms with Crippen LogP contribution < -0.4 is 10.5 Å². The van der Waals surface area contributed by atoms with Gasteiger partial charge < -0.3 is 15.4 Å². The lowest BCUT2D eigenvalue weighted by molar-refractivity contribution is -0.124. The molecule has 0 unspecified atom stereocenters. The van der Waals surface area contributed by atoms with Crippen molar-refractivity contribution in [1.29, 1.82) is 0 Å². The van der Waals surface area contributed by atoms with Crippen LogP contribution in [-0.4, -0.2) is 37.0 Å². The van der Waals surface area contributed by atoms with E-state index >= 15 is 0 Å². The van der Waals surface area contributed by atoms with Crippen LogP contribution in [0.2, 0.25) is 0 Å². The fourth-order valence-corrected chi connectivity index (χ4v) is 4.55. The van der Waals surface area contributed by atoms with Crippen molar-refractivity contribution in [2.24, 2.45) is 11.7 Å². The van der Waals surface area contributed by atoms with Crippen molar-refractivity contribution in [3.05, 3.63) is 65.2 Å². The molecule has 27 heavy (non-hydrogen) atoms. The Morgan fingerprint density at radius 3 is 2.85 bits per heavy atom. The van der Waals surface area contributed by atoms with Crippen molar-refractivity contribution in [1.82, 2.24) is 4.90 Å². The number of carbonyl (C=O) groups is 1. The van der Waals surface area contributed by atoms with E-state index in [1.807, 2.05) is 37.3 Å². The lowest BCUT2D eigenvalue weighted by atomic mass is 9.70. The highest BCUT2D eigenvalue weighted by Gasteiger charge is 2.44. The molecule has 4 heteroatoms. The number of rotatable bonds is 6. The maximum absolute atomic E-state index is 12.4. The fraction of sp³-hybridized carbons (Fsp3) is 0.435. The molecule has 142 valence electrons. The molecule has 0 saturated carbocycles. The minimum absolute atomic E-state index is 0.223. The summed E-state index contributed by atoms with van der Waals surface area (Å²) in [7, 11) is 0. The number of ether oxygens (including phenoxy) is 1. The molecule has 2 heterocycles. The van der Waals surface area contributed by atoms with Gasteiger partial charge in [-0.15, -0.1) is 0 Å². The average Bonchev–Trinajstić information content (AvgIpc) is 3.35. The molecule has 2 aliphatic heterocycles. The molecule has 1 amide bonds. The quantitative estimate of drug-likeness (QED) is 0.857. The number of primary amides is 1. The molecule has 0 spiro atoms. The topological polar surface area (TPSA) is 55.6 Å². The van der Waals surface area contributed by atoms with Crippen LogP contribution in [0.15, 0.2) is 48.5 Å². The van der Waals surface area contributed by atoms with E-state index in [-0.39, 0.29) is 11.8 Å². The van der Waals surface area contributed by atoms with E-state index < -0.39 is 5.41 Å². The number of fused-ring (bicyclic) bond motifs is 1. The minimum atomic E-state index is -0.610. The number of benzene rings is 2. The summed E-state index contributed by atoms with van der Waals surface area (Å²) >= 11 is 0. The van der Waals surface area contributed by atoms with Crippen LogP contribution in [-0.2, 0) is 23.1 Å². The summed E-state index contributed by atoms with van der Waals surface area (Å²) in [6.07, 6.45) is 3.05. The summed E-state index contributed by atoms with van der Waals surface area (Å²) in [4.78, 5) is 14.9. The maximum atomic E-state index is 12.4. The first-order valence-electron chi connectivity index (χ1n) is 9.90. The average molecular weight is 364 g/mol. The van der Waals surface area contributed by atoms with Gasteiger partial charge >= 0.3 is 0 Å². The van der Waals surface area contributed by atoms with Gasteiger partial charge in [0.25, 0.3) is 0 Å². The van der Waals surface area contributed by atoms with E-state index in [1.165, 1.54) is 11.1 Å². The minimum Gasteiger partial charge on any atom is -0.493 e. The molecule has 2 aromatic carbocycles. The van der Waals surface area contributed by atoms with Gasteiger partial charge in [0.05, 0.1) is 12.0 Å². The number of nitrogens with two attached hydrogens (primary N) is 1. The molecule has 2 aromatic rings. The Morgan fingerprint density at radius 2 is 2.07 bits per heavy atom. The molecular formula is C23H28N2O2. The Balaban J connectivity index is 1.41. The third-order valence-corrected chi connectivity index (χ3v) is 6.44. The van der Waals surface area contributed by atoms with Crippen LogP contribution >= 0.6 is 0 Å². The number of amides is 1. The van der Waals surface area contributed by atoms with Gasteiger partial charge in [0.1, 0.15) is 5.75 Å². The molecule has 4 nitrogen and oxygen atoms in total. The number of hydrogen-bond acceptors (Lipinski definition) is 3. The Morgan fingerprint density at radius 1 is 1.26 bits per heavy atom. The second-order valence-corrected chi connectivity index (χ2v) is 8.01. The molecule has 0 aliphatic carbocycles. The van der Waals surface area contributed by atoms with E-state index in [9.17, 15) is 4.79 Å². The molecule has 4 rings (SSSR count). The Bertz CT molecular complexity index is 820. The van der Waals surface area contributed by atoms with E-state index in [1.54, 1.807) is 0 Å². The molecule has 0 aromatic heterocycles. The highest BCUT2D eigenvalue weighted by molar-refractivity contribution is 5.86. The zero-order chi connectivity index (χ0) is 18.9. The highest BCUT2D eigenvalue weighted by atomic mass is 16.5. The summed E-state index contributed by atoms with van der Waals surface area (Å²) < 4.78 is 5.59. The van der Waals surface area contributed by atoms with Crippen molar-refractivity contribution < 1.29 is 9.53 Å². The molecule has 2 atom stereocenters. The van der Waals surface area contributed by atoms with Crippen molar-refractivity contribution in [2.75, 3.05) is 26.2 Å².